The Morgan fingerprint density at radius 2 is 1.67 bits per heavy atom. The smallest absolute Gasteiger partial charge is 0.320 e. The fraction of sp³-hybridized carbons (Fsp3) is 0.375. The maximum Gasteiger partial charge on any atom is 0.320 e. The second kappa shape index (κ2) is 7.58. The standard InChI is InChI=1S/C16H20N6O2/c23-13-11-6-5-7-12(10-11)19-15-20-14(21-16(24)22-15)18-9-4-2-1-3-8-17-13/h5-7,10H,1-4,8-9H2,(H,17,23)(H3,18,19,20,21,22,24). The first-order valence-corrected chi connectivity index (χ1v) is 8.05. The molecule has 24 heavy (non-hydrogen) atoms. The number of aromatic nitrogens is 3. The second-order valence-corrected chi connectivity index (χ2v) is 5.59. The van der Waals surface area contributed by atoms with Crippen LogP contribution < -0.4 is 16.0 Å². The van der Waals surface area contributed by atoms with Crippen LogP contribution in [0.4, 0.5) is 17.6 Å². The normalized spacial score (nSPS) is 15.8. The molecule has 1 aromatic carbocycles. The van der Waals surface area contributed by atoms with Gasteiger partial charge in [0.15, 0.2) is 0 Å². The Morgan fingerprint density at radius 1 is 0.917 bits per heavy atom. The SMILES string of the molecule is O=C1NCCCCCCNc2nc(O)nc(n2)Nc2cccc1c2. The number of benzene rings is 1. The summed E-state index contributed by atoms with van der Waals surface area (Å²) < 4.78 is 0. The average molecular weight is 328 g/mol. The van der Waals surface area contributed by atoms with Gasteiger partial charge in [-0.15, -0.1) is 0 Å². The van der Waals surface area contributed by atoms with Gasteiger partial charge in [-0.1, -0.05) is 18.9 Å². The number of amides is 1. The summed E-state index contributed by atoms with van der Waals surface area (Å²) in [6.07, 6.45) is 3.99. The zero-order chi connectivity index (χ0) is 16.8. The first kappa shape index (κ1) is 16.0. The second-order valence-electron chi connectivity index (χ2n) is 5.59. The summed E-state index contributed by atoms with van der Waals surface area (Å²) in [5, 5.41) is 18.7. The maximum atomic E-state index is 12.2. The molecule has 0 unspecified atom stereocenters. The molecular formula is C16H20N6O2. The first-order valence-electron chi connectivity index (χ1n) is 8.05. The van der Waals surface area contributed by atoms with Crippen LogP contribution in [-0.4, -0.2) is 39.1 Å². The lowest BCUT2D eigenvalue weighted by molar-refractivity contribution is 0.0953. The van der Waals surface area contributed by atoms with E-state index in [1.54, 1.807) is 24.3 Å². The predicted octanol–water partition coefficient (Wildman–Crippen LogP) is 2.04. The minimum Gasteiger partial charge on any atom is -0.479 e. The van der Waals surface area contributed by atoms with Crippen LogP contribution in [0.5, 0.6) is 6.01 Å². The van der Waals surface area contributed by atoms with E-state index in [-0.39, 0.29) is 17.9 Å². The molecule has 0 saturated heterocycles. The summed E-state index contributed by atoms with van der Waals surface area (Å²) in [6, 6.07) is 6.69. The molecule has 126 valence electrons. The Kier molecular flexibility index (Phi) is 5.05. The molecule has 0 fully saturated rings. The zero-order valence-corrected chi connectivity index (χ0v) is 13.2. The van der Waals surface area contributed by atoms with Crippen LogP contribution >= 0.6 is 0 Å². The molecular weight excluding hydrogens is 308 g/mol. The number of hydrogen-bond acceptors (Lipinski definition) is 7. The minimum atomic E-state index is -0.356. The summed E-state index contributed by atoms with van der Waals surface area (Å²) in [4.78, 5) is 24.1. The number of hydrogen-bond donors (Lipinski definition) is 4. The Labute approximate surface area is 139 Å². The van der Waals surface area contributed by atoms with Gasteiger partial charge in [0, 0.05) is 24.3 Å². The molecule has 3 rings (SSSR count). The Bertz CT molecular complexity index is 721. The van der Waals surface area contributed by atoms with Crippen LogP contribution in [0.1, 0.15) is 36.0 Å². The molecule has 0 spiro atoms. The fourth-order valence-electron chi connectivity index (χ4n) is 2.47. The van der Waals surface area contributed by atoms with Crippen molar-refractivity contribution >= 4 is 23.5 Å². The molecule has 8 nitrogen and oxygen atoms in total. The largest absolute Gasteiger partial charge is 0.479 e. The summed E-state index contributed by atoms with van der Waals surface area (Å²) >= 11 is 0. The molecule has 1 amide bonds. The van der Waals surface area contributed by atoms with E-state index in [0.717, 1.165) is 25.7 Å². The Morgan fingerprint density at radius 3 is 2.50 bits per heavy atom. The van der Waals surface area contributed by atoms with Gasteiger partial charge in [0.05, 0.1) is 0 Å². The zero-order valence-electron chi connectivity index (χ0n) is 13.2. The Balaban J connectivity index is 1.86. The molecule has 0 atom stereocenters. The van der Waals surface area contributed by atoms with Gasteiger partial charge in [-0.3, -0.25) is 4.79 Å². The van der Waals surface area contributed by atoms with E-state index in [4.69, 9.17) is 0 Å². The number of rotatable bonds is 0. The Hall–Kier alpha value is -2.90. The molecule has 2 heterocycles. The van der Waals surface area contributed by atoms with Crippen molar-refractivity contribution in [3.05, 3.63) is 29.8 Å². The number of aromatic hydroxyl groups is 1. The molecule has 4 N–H and O–H groups in total. The van der Waals surface area contributed by atoms with E-state index in [9.17, 15) is 9.90 Å². The molecule has 8 heteroatoms. The van der Waals surface area contributed by atoms with E-state index >= 15 is 0 Å². The minimum absolute atomic E-state index is 0.105. The summed E-state index contributed by atoms with van der Waals surface area (Å²) in [7, 11) is 0. The van der Waals surface area contributed by atoms with Crippen LogP contribution in [0.25, 0.3) is 0 Å². The van der Waals surface area contributed by atoms with Gasteiger partial charge in [0.25, 0.3) is 5.91 Å². The van der Waals surface area contributed by atoms with E-state index in [2.05, 4.69) is 30.9 Å². The third kappa shape index (κ3) is 4.31. The quantitative estimate of drug-likeness (QED) is 0.585. The van der Waals surface area contributed by atoms with Crippen molar-refractivity contribution in [1.82, 2.24) is 20.3 Å². The van der Waals surface area contributed by atoms with Crippen LogP contribution in [0.2, 0.25) is 0 Å². The third-order valence-corrected chi connectivity index (χ3v) is 3.68. The number of nitrogens with zero attached hydrogens (tertiary/aromatic N) is 3. The molecule has 1 aliphatic rings. The van der Waals surface area contributed by atoms with Gasteiger partial charge in [0.1, 0.15) is 0 Å². The van der Waals surface area contributed by atoms with Crippen molar-refractivity contribution in [2.24, 2.45) is 0 Å². The van der Waals surface area contributed by atoms with Crippen molar-refractivity contribution in [3.8, 4) is 6.01 Å². The lowest BCUT2D eigenvalue weighted by Gasteiger charge is -2.11. The lowest BCUT2D eigenvalue weighted by atomic mass is 10.1. The van der Waals surface area contributed by atoms with Crippen LogP contribution in [-0.2, 0) is 0 Å². The highest BCUT2D eigenvalue weighted by atomic mass is 16.3. The highest BCUT2D eigenvalue weighted by molar-refractivity contribution is 5.95. The van der Waals surface area contributed by atoms with Crippen molar-refractivity contribution in [1.29, 1.82) is 0 Å². The third-order valence-electron chi connectivity index (χ3n) is 3.68. The van der Waals surface area contributed by atoms with Crippen molar-refractivity contribution in [2.75, 3.05) is 23.7 Å². The van der Waals surface area contributed by atoms with E-state index in [0.29, 0.717) is 30.3 Å². The monoisotopic (exact) mass is 328 g/mol. The van der Waals surface area contributed by atoms with Crippen LogP contribution in [0, 0.1) is 0 Å². The van der Waals surface area contributed by atoms with Gasteiger partial charge in [0.2, 0.25) is 11.9 Å². The molecule has 2 aromatic rings. The molecule has 0 saturated carbocycles. The number of carbonyl (C=O) groups is 1. The first-order chi connectivity index (χ1) is 11.7. The van der Waals surface area contributed by atoms with Crippen molar-refractivity contribution in [3.63, 3.8) is 0 Å². The van der Waals surface area contributed by atoms with Crippen LogP contribution in [0.3, 0.4) is 0 Å². The highest BCUT2D eigenvalue weighted by Gasteiger charge is 2.09. The van der Waals surface area contributed by atoms with Crippen LogP contribution in [0.15, 0.2) is 24.3 Å². The fourth-order valence-corrected chi connectivity index (χ4v) is 2.47. The molecule has 1 aromatic heterocycles. The number of fused-ring (bicyclic) bond motifs is 4. The van der Waals surface area contributed by atoms with Gasteiger partial charge in [-0.2, -0.15) is 15.0 Å². The summed E-state index contributed by atoms with van der Waals surface area (Å²) in [5.41, 5.74) is 1.22. The van der Waals surface area contributed by atoms with Gasteiger partial charge in [-0.05, 0) is 31.0 Å². The van der Waals surface area contributed by atoms with E-state index in [1.165, 1.54) is 0 Å². The topological polar surface area (TPSA) is 112 Å². The van der Waals surface area contributed by atoms with Crippen molar-refractivity contribution in [2.45, 2.75) is 25.7 Å². The highest BCUT2D eigenvalue weighted by Crippen LogP contribution is 2.18. The number of anilines is 3. The maximum absolute atomic E-state index is 12.2. The number of carbonyl (C=O) groups excluding carboxylic acids is 1. The lowest BCUT2D eigenvalue weighted by Crippen LogP contribution is -2.24. The predicted molar refractivity (Wildman–Crippen MR) is 90.5 cm³/mol. The van der Waals surface area contributed by atoms with E-state index in [1.807, 2.05) is 0 Å². The molecule has 0 radical (unpaired) electrons. The average Bonchev–Trinajstić information content (AvgIpc) is 2.56. The molecule has 0 aliphatic carbocycles. The van der Waals surface area contributed by atoms with Crippen molar-refractivity contribution < 1.29 is 9.90 Å². The van der Waals surface area contributed by atoms with Gasteiger partial charge >= 0.3 is 6.01 Å². The van der Waals surface area contributed by atoms with Gasteiger partial charge in [-0.25, -0.2) is 0 Å². The van der Waals surface area contributed by atoms with Gasteiger partial charge < -0.3 is 21.1 Å². The number of nitrogens with one attached hydrogen (secondary N) is 3. The molecule has 1 aliphatic heterocycles. The summed E-state index contributed by atoms with van der Waals surface area (Å²) in [6.45, 7) is 1.38. The summed E-state index contributed by atoms with van der Waals surface area (Å²) in [5.74, 6) is 0.437. The van der Waals surface area contributed by atoms with E-state index < -0.39 is 0 Å². The molecule has 4 bridgehead atoms.